The molecule has 1 aliphatic heterocycles. The second kappa shape index (κ2) is 12.8. The number of aliphatic hydroxyl groups excluding tert-OH is 1. The maximum Gasteiger partial charge on any atom is 0.0706 e. The van der Waals surface area contributed by atoms with Crippen LogP contribution in [0.5, 0.6) is 0 Å². The summed E-state index contributed by atoms with van der Waals surface area (Å²) in [7, 11) is 0. The lowest BCUT2D eigenvalue weighted by atomic mass is 9.85. The Bertz CT molecular complexity index is 1230. The lowest BCUT2D eigenvalue weighted by molar-refractivity contribution is 0.00827. The summed E-state index contributed by atoms with van der Waals surface area (Å²) in [6.07, 6.45) is 4.90. The third-order valence-corrected chi connectivity index (χ3v) is 7.73. The summed E-state index contributed by atoms with van der Waals surface area (Å²) in [6.45, 7) is 13.6. The second-order valence-electron chi connectivity index (χ2n) is 11.5. The number of benzene rings is 3. The van der Waals surface area contributed by atoms with Crippen LogP contribution in [0, 0.1) is 19.8 Å². The third-order valence-electron chi connectivity index (χ3n) is 7.73. The minimum atomic E-state index is -0.467. The average Bonchev–Trinajstić information content (AvgIpc) is 2.87. The van der Waals surface area contributed by atoms with Crippen LogP contribution < -0.4 is 5.32 Å². The standard InChI is InChI=1S/C35H45NO2/c1-23(2)19-29-22-34(36-33-17-11-10-15-31(29)33)32-21-24(3)20-25(4)30(32)16-12-18-38-27(6)35(26(5)37)28-13-8-7-9-14-28/h7-11,13-15,17,20-23,26-27,34-37H,12,16,18-19H2,1-6H3. The molecule has 1 heterocycles. The third kappa shape index (κ3) is 6.76. The zero-order chi connectivity index (χ0) is 27.2. The monoisotopic (exact) mass is 511 g/mol. The number of hydrogen-bond acceptors (Lipinski definition) is 3. The van der Waals surface area contributed by atoms with Crippen LogP contribution in [0.2, 0.25) is 0 Å². The highest BCUT2D eigenvalue weighted by Gasteiger charge is 2.25. The number of aryl methyl sites for hydroxylation is 2. The molecule has 4 unspecified atom stereocenters. The summed E-state index contributed by atoms with van der Waals surface area (Å²) in [6, 6.07) is 23.7. The van der Waals surface area contributed by atoms with Gasteiger partial charge in [-0.1, -0.05) is 86.2 Å². The Labute approximate surface area is 230 Å². The van der Waals surface area contributed by atoms with Gasteiger partial charge in [0.05, 0.1) is 18.2 Å². The first-order valence-corrected chi connectivity index (χ1v) is 14.3. The highest BCUT2D eigenvalue weighted by atomic mass is 16.5. The van der Waals surface area contributed by atoms with Gasteiger partial charge in [-0.05, 0) is 86.8 Å². The molecule has 202 valence electrons. The van der Waals surface area contributed by atoms with Gasteiger partial charge in [0.15, 0.2) is 0 Å². The molecule has 38 heavy (non-hydrogen) atoms. The van der Waals surface area contributed by atoms with Gasteiger partial charge in [-0.2, -0.15) is 0 Å². The Morgan fingerprint density at radius 1 is 0.921 bits per heavy atom. The minimum Gasteiger partial charge on any atom is -0.393 e. The fourth-order valence-corrected chi connectivity index (χ4v) is 6.06. The van der Waals surface area contributed by atoms with E-state index in [1.54, 1.807) is 0 Å². The van der Waals surface area contributed by atoms with E-state index in [0.717, 1.165) is 24.8 Å². The highest BCUT2D eigenvalue weighted by molar-refractivity contribution is 5.80. The first-order valence-electron chi connectivity index (χ1n) is 14.3. The zero-order valence-electron chi connectivity index (χ0n) is 24.0. The van der Waals surface area contributed by atoms with Crippen molar-refractivity contribution in [1.82, 2.24) is 0 Å². The normalized spacial score (nSPS) is 17.4. The van der Waals surface area contributed by atoms with Crippen LogP contribution in [0.15, 0.2) is 72.8 Å². The second-order valence-corrected chi connectivity index (χ2v) is 11.5. The Kier molecular flexibility index (Phi) is 9.46. The van der Waals surface area contributed by atoms with Crippen molar-refractivity contribution in [2.75, 3.05) is 11.9 Å². The summed E-state index contributed by atoms with van der Waals surface area (Å²) < 4.78 is 6.31. The lowest BCUT2D eigenvalue weighted by Crippen LogP contribution is -2.28. The Hall–Kier alpha value is -2.88. The molecule has 3 aromatic carbocycles. The van der Waals surface area contributed by atoms with E-state index in [9.17, 15) is 5.11 Å². The van der Waals surface area contributed by atoms with Crippen LogP contribution in [-0.4, -0.2) is 23.9 Å². The molecule has 3 aromatic rings. The molecule has 4 atom stereocenters. The van der Waals surface area contributed by atoms with Gasteiger partial charge in [0.25, 0.3) is 0 Å². The van der Waals surface area contributed by atoms with Gasteiger partial charge >= 0.3 is 0 Å². The van der Waals surface area contributed by atoms with Crippen LogP contribution in [0.25, 0.3) is 5.57 Å². The fourth-order valence-electron chi connectivity index (χ4n) is 6.06. The van der Waals surface area contributed by atoms with E-state index in [0.29, 0.717) is 12.5 Å². The van der Waals surface area contributed by atoms with Crippen LogP contribution in [0.4, 0.5) is 5.69 Å². The summed E-state index contributed by atoms with van der Waals surface area (Å²) in [4.78, 5) is 0. The topological polar surface area (TPSA) is 41.5 Å². The maximum atomic E-state index is 10.5. The van der Waals surface area contributed by atoms with E-state index in [1.165, 1.54) is 39.1 Å². The predicted octanol–water partition coefficient (Wildman–Crippen LogP) is 8.40. The highest BCUT2D eigenvalue weighted by Crippen LogP contribution is 2.39. The number of allylic oxidation sites excluding steroid dienone is 1. The number of fused-ring (bicyclic) bond motifs is 1. The molecule has 0 saturated heterocycles. The maximum absolute atomic E-state index is 10.5. The Morgan fingerprint density at radius 2 is 1.63 bits per heavy atom. The minimum absolute atomic E-state index is 0.0381. The molecule has 1 aliphatic rings. The van der Waals surface area contributed by atoms with Crippen molar-refractivity contribution < 1.29 is 9.84 Å². The Morgan fingerprint density at radius 3 is 2.34 bits per heavy atom. The fraction of sp³-hybridized carbons (Fsp3) is 0.429. The van der Waals surface area contributed by atoms with Gasteiger partial charge in [0.1, 0.15) is 0 Å². The van der Waals surface area contributed by atoms with Gasteiger partial charge in [0, 0.05) is 23.8 Å². The smallest absolute Gasteiger partial charge is 0.0706 e. The number of ether oxygens (including phenoxy) is 1. The molecule has 4 rings (SSSR count). The van der Waals surface area contributed by atoms with E-state index in [4.69, 9.17) is 4.74 Å². The van der Waals surface area contributed by atoms with Crippen LogP contribution in [-0.2, 0) is 11.2 Å². The van der Waals surface area contributed by atoms with Crippen molar-refractivity contribution in [3.63, 3.8) is 0 Å². The van der Waals surface area contributed by atoms with E-state index >= 15 is 0 Å². The molecule has 0 saturated carbocycles. The van der Waals surface area contributed by atoms with E-state index < -0.39 is 6.10 Å². The Balaban J connectivity index is 1.50. The molecule has 0 aliphatic carbocycles. The van der Waals surface area contributed by atoms with E-state index in [2.05, 4.69) is 94.5 Å². The predicted molar refractivity (Wildman–Crippen MR) is 161 cm³/mol. The first kappa shape index (κ1) is 28.1. The molecule has 0 aromatic heterocycles. The number of rotatable bonds is 11. The number of nitrogens with one attached hydrogen (secondary N) is 1. The first-order chi connectivity index (χ1) is 18.2. The van der Waals surface area contributed by atoms with Crippen molar-refractivity contribution in [3.8, 4) is 0 Å². The number of anilines is 1. The summed E-state index contributed by atoms with van der Waals surface area (Å²) in [5.41, 5.74) is 10.6. The molecular weight excluding hydrogens is 466 g/mol. The van der Waals surface area contributed by atoms with E-state index in [-0.39, 0.29) is 18.1 Å². The molecule has 0 bridgehead atoms. The molecule has 3 heteroatoms. The van der Waals surface area contributed by atoms with Gasteiger partial charge in [0.2, 0.25) is 0 Å². The molecule has 3 nitrogen and oxygen atoms in total. The average molecular weight is 512 g/mol. The van der Waals surface area contributed by atoms with Crippen LogP contribution in [0.1, 0.15) is 85.9 Å². The number of aliphatic hydroxyl groups is 1. The summed E-state index contributed by atoms with van der Waals surface area (Å²) in [5.74, 6) is 0.566. The quantitative estimate of drug-likeness (QED) is 0.254. The van der Waals surface area contributed by atoms with Crippen LogP contribution in [0.3, 0.4) is 0 Å². The van der Waals surface area contributed by atoms with Crippen LogP contribution >= 0.6 is 0 Å². The van der Waals surface area contributed by atoms with Gasteiger partial charge < -0.3 is 15.2 Å². The van der Waals surface area contributed by atoms with E-state index in [1.807, 2.05) is 25.1 Å². The number of para-hydroxylation sites is 1. The van der Waals surface area contributed by atoms with Crippen molar-refractivity contribution in [3.05, 3.63) is 106 Å². The van der Waals surface area contributed by atoms with Crippen molar-refractivity contribution in [1.29, 1.82) is 0 Å². The largest absolute Gasteiger partial charge is 0.393 e. The number of hydrogen-bond donors (Lipinski definition) is 2. The van der Waals surface area contributed by atoms with Crippen molar-refractivity contribution in [2.45, 2.75) is 85.0 Å². The molecule has 0 spiro atoms. The lowest BCUT2D eigenvalue weighted by Gasteiger charge is -2.30. The molecular formula is C35H45NO2. The van der Waals surface area contributed by atoms with Crippen molar-refractivity contribution >= 4 is 11.3 Å². The van der Waals surface area contributed by atoms with Crippen molar-refractivity contribution in [2.24, 2.45) is 5.92 Å². The molecule has 2 N–H and O–H groups in total. The zero-order valence-corrected chi connectivity index (χ0v) is 24.0. The molecule has 0 radical (unpaired) electrons. The SMILES string of the molecule is Cc1cc(C)c(CCCOC(C)C(c2ccccc2)C(C)O)c(C2C=C(CC(C)C)c3ccccc3N2)c1. The van der Waals surface area contributed by atoms with Gasteiger partial charge in [-0.3, -0.25) is 0 Å². The molecule has 0 fully saturated rings. The molecule has 0 amide bonds. The summed E-state index contributed by atoms with van der Waals surface area (Å²) in [5, 5.41) is 14.3. The van der Waals surface area contributed by atoms with Gasteiger partial charge in [-0.25, -0.2) is 0 Å². The summed E-state index contributed by atoms with van der Waals surface area (Å²) >= 11 is 0. The van der Waals surface area contributed by atoms with Gasteiger partial charge in [-0.15, -0.1) is 0 Å².